The van der Waals surface area contributed by atoms with E-state index in [9.17, 15) is 4.79 Å². The van der Waals surface area contributed by atoms with E-state index in [-0.39, 0.29) is 5.69 Å². The Morgan fingerprint density at radius 1 is 1.00 bits per heavy atom. The van der Waals surface area contributed by atoms with Gasteiger partial charge in [-0.2, -0.15) is 9.61 Å². The smallest absolute Gasteiger partial charge is 0.278 e. The normalized spacial score (nSPS) is 11.7. The minimum absolute atomic E-state index is 0.149. The number of benzene rings is 2. The summed E-state index contributed by atoms with van der Waals surface area (Å²) in [6, 6.07) is 20.9. The molecule has 0 saturated heterocycles. The van der Waals surface area contributed by atoms with E-state index in [1.807, 2.05) is 22.8 Å². The summed E-state index contributed by atoms with van der Waals surface area (Å²) in [7, 11) is 0. The van der Waals surface area contributed by atoms with Crippen LogP contribution in [0.25, 0.3) is 27.0 Å². The van der Waals surface area contributed by atoms with Crippen molar-refractivity contribution >= 4 is 27.2 Å². The first-order valence-electron chi connectivity index (χ1n) is 10.6. The van der Waals surface area contributed by atoms with Crippen LogP contribution in [-0.4, -0.2) is 19.2 Å². The molecule has 5 aromatic rings. The lowest BCUT2D eigenvalue weighted by Gasteiger charge is -2.09. The Bertz CT molecular complexity index is 1400. The molecule has 0 atom stereocenters. The Labute approximate surface area is 184 Å². The van der Waals surface area contributed by atoms with Crippen LogP contribution < -0.4 is 5.69 Å². The zero-order chi connectivity index (χ0) is 21.4. The number of hydrogen-bond acceptors (Lipinski definition) is 4. The molecule has 5 rings (SSSR count). The number of hydrogen-bond donors (Lipinski definition) is 0. The van der Waals surface area contributed by atoms with Crippen molar-refractivity contribution in [2.45, 2.75) is 33.2 Å². The minimum atomic E-state index is -0.149. The second-order valence-electron chi connectivity index (χ2n) is 8.29. The molecule has 0 spiro atoms. The second kappa shape index (κ2) is 8.12. The summed E-state index contributed by atoms with van der Waals surface area (Å²) in [4.78, 5) is 19.8. The maximum Gasteiger partial charge on any atom is 0.352 e. The van der Waals surface area contributed by atoms with Gasteiger partial charge in [-0.1, -0.05) is 68.4 Å². The summed E-state index contributed by atoms with van der Waals surface area (Å²) in [6.07, 6.45) is 3.60. The van der Waals surface area contributed by atoms with Crippen molar-refractivity contribution in [3.63, 3.8) is 0 Å². The third-order valence-electron chi connectivity index (χ3n) is 5.58. The van der Waals surface area contributed by atoms with E-state index in [1.165, 1.54) is 26.8 Å². The molecule has 0 unspecified atom stereocenters. The number of thiophene rings is 1. The number of nitrogens with zero attached hydrogens (tertiary/aromatic N) is 4. The van der Waals surface area contributed by atoms with Crippen LogP contribution in [0.3, 0.4) is 0 Å². The lowest BCUT2D eigenvalue weighted by atomic mass is 10.0. The average molecular weight is 429 g/mol. The van der Waals surface area contributed by atoms with E-state index >= 15 is 0 Å². The predicted molar refractivity (Wildman–Crippen MR) is 127 cm³/mol. The molecule has 0 N–H and O–H groups in total. The summed E-state index contributed by atoms with van der Waals surface area (Å²) in [5.74, 6) is 0.642. The molecular formula is C25H24N4OS. The molecule has 0 amide bonds. The molecular weight excluding hydrogens is 404 g/mol. The molecule has 0 fully saturated rings. The fraction of sp³-hybridized carbons (Fsp3) is 0.240. The largest absolute Gasteiger partial charge is 0.352 e. The maximum absolute atomic E-state index is 13.2. The van der Waals surface area contributed by atoms with Gasteiger partial charge in [0.25, 0.3) is 0 Å². The Hall–Kier alpha value is -3.25. The van der Waals surface area contributed by atoms with Crippen molar-refractivity contribution in [2.24, 2.45) is 5.92 Å². The van der Waals surface area contributed by atoms with Gasteiger partial charge in [0, 0.05) is 4.88 Å². The topological polar surface area (TPSA) is 52.2 Å². The average Bonchev–Trinajstić information content (AvgIpc) is 3.43. The van der Waals surface area contributed by atoms with E-state index in [0.29, 0.717) is 18.1 Å². The fourth-order valence-corrected chi connectivity index (χ4v) is 5.03. The van der Waals surface area contributed by atoms with Gasteiger partial charge < -0.3 is 0 Å². The van der Waals surface area contributed by atoms with E-state index in [4.69, 9.17) is 0 Å². The zero-order valence-corrected chi connectivity index (χ0v) is 18.5. The number of fused-ring (bicyclic) bond motifs is 3. The number of aromatic nitrogens is 4. The van der Waals surface area contributed by atoms with Crippen molar-refractivity contribution in [3.8, 4) is 11.1 Å². The standard InChI is InChI=1S/C25H24N4OS/c1-17(2)8-13-21-14-22-23-26-16-27-29(23)25(30)28(24(22)31-21)15-18-9-11-20(12-10-18)19-6-4-3-5-7-19/h3-7,9-12,14,16-17H,8,13,15H2,1-2H3. The Kier molecular flexibility index (Phi) is 5.16. The first kappa shape index (κ1) is 19.7. The van der Waals surface area contributed by atoms with Crippen LogP contribution in [0.4, 0.5) is 0 Å². The van der Waals surface area contributed by atoms with Crippen LogP contribution in [-0.2, 0) is 13.0 Å². The first-order valence-corrected chi connectivity index (χ1v) is 11.4. The third kappa shape index (κ3) is 3.79. The van der Waals surface area contributed by atoms with Gasteiger partial charge in [-0.05, 0) is 41.5 Å². The van der Waals surface area contributed by atoms with Crippen LogP contribution in [0.15, 0.2) is 71.8 Å². The Balaban J connectivity index is 1.55. The fourth-order valence-electron chi connectivity index (χ4n) is 3.87. The summed E-state index contributed by atoms with van der Waals surface area (Å²) in [5.41, 5.74) is 3.93. The molecule has 2 aromatic carbocycles. The van der Waals surface area contributed by atoms with Crippen molar-refractivity contribution in [2.75, 3.05) is 0 Å². The van der Waals surface area contributed by atoms with E-state index in [2.05, 4.69) is 66.4 Å². The Morgan fingerprint density at radius 3 is 2.48 bits per heavy atom. The van der Waals surface area contributed by atoms with Gasteiger partial charge in [0.1, 0.15) is 11.2 Å². The van der Waals surface area contributed by atoms with Gasteiger partial charge in [0.05, 0.1) is 11.9 Å². The molecule has 3 aromatic heterocycles. The molecule has 31 heavy (non-hydrogen) atoms. The molecule has 3 heterocycles. The highest BCUT2D eigenvalue weighted by Crippen LogP contribution is 2.29. The third-order valence-corrected chi connectivity index (χ3v) is 6.80. The zero-order valence-electron chi connectivity index (χ0n) is 17.7. The predicted octanol–water partition coefficient (Wildman–Crippen LogP) is 5.41. The SMILES string of the molecule is CC(C)CCc1cc2c(s1)n(Cc1ccc(-c3ccccc3)cc1)c(=O)n1ncnc21. The first-order chi connectivity index (χ1) is 15.1. The van der Waals surface area contributed by atoms with Gasteiger partial charge in [-0.25, -0.2) is 9.78 Å². The van der Waals surface area contributed by atoms with E-state index < -0.39 is 0 Å². The summed E-state index contributed by atoms with van der Waals surface area (Å²) in [6.45, 7) is 4.97. The van der Waals surface area contributed by atoms with Gasteiger partial charge in [0.15, 0.2) is 5.65 Å². The van der Waals surface area contributed by atoms with Crippen molar-refractivity contribution in [1.82, 2.24) is 19.2 Å². The van der Waals surface area contributed by atoms with Crippen molar-refractivity contribution in [1.29, 1.82) is 0 Å². The van der Waals surface area contributed by atoms with Gasteiger partial charge in [0.2, 0.25) is 0 Å². The van der Waals surface area contributed by atoms with Crippen molar-refractivity contribution < 1.29 is 0 Å². The monoisotopic (exact) mass is 428 g/mol. The van der Waals surface area contributed by atoms with Crippen LogP contribution in [0.1, 0.15) is 30.7 Å². The molecule has 0 saturated carbocycles. The molecule has 0 aliphatic carbocycles. The van der Waals surface area contributed by atoms with E-state index in [0.717, 1.165) is 28.6 Å². The maximum atomic E-state index is 13.2. The molecule has 0 aliphatic heterocycles. The number of aryl methyl sites for hydroxylation is 1. The van der Waals surface area contributed by atoms with Crippen molar-refractivity contribution in [3.05, 3.63) is 87.9 Å². The minimum Gasteiger partial charge on any atom is -0.278 e. The lowest BCUT2D eigenvalue weighted by molar-refractivity contribution is 0.590. The molecule has 5 nitrogen and oxygen atoms in total. The van der Waals surface area contributed by atoms with Crippen LogP contribution in [0.2, 0.25) is 0 Å². The highest BCUT2D eigenvalue weighted by molar-refractivity contribution is 7.18. The second-order valence-corrected chi connectivity index (χ2v) is 9.41. The quantitative estimate of drug-likeness (QED) is 0.363. The number of rotatable bonds is 6. The van der Waals surface area contributed by atoms with Gasteiger partial charge in [-0.3, -0.25) is 4.57 Å². The summed E-state index contributed by atoms with van der Waals surface area (Å²) >= 11 is 1.70. The van der Waals surface area contributed by atoms with Gasteiger partial charge >= 0.3 is 5.69 Å². The highest BCUT2D eigenvalue weighted by Gasteiger charge is 2.16. The van der Waals surface area contributed by atoms with Crippen LogP contribution in [0.5, 0.6) is 0 Å². The van der Waals surface area contributed by atoms with Crippen LogP contribution in [0, 0.1) is 5.92 Å². The molecule has 156 valence electrons. The molecule has 0 aliphatic rings. The lowest BCUT2D eigenvalue weighted by Crippen LogP contribution is -2.27. The van der Waals surface area contributed by atoms with E-state index in [1.54, 1.807) is 11.3 Å². The molecule has 6 heteroatoms. The summed E-state index contributed by atoms with van der Waals surface area (Å²) in [5, 5.41) is 5.19. The van der Waals surface area contributed by atoms with Gasteiger partial charge in [-0.15, -0.1) is 11.3 Å². The van der Waals surface area contributed by atoms with Crippen LogP contribution >= 0.6 is 11.3 Å². The molecule has 0 bridgehead atoms. The summed E-state index contributed by atoms with van der Waals surface area (Å²) < 4.78 is 3.25. The highest BCUT2D eigenvalue weighted by atomic mass is 32.1. The Morgan fingerprint density at radius 2 is 1.74 bits per heavy atom. The molecule has 0 radical (unpaired) electrons.